The SMILES string of the molecule is C[Si](C)(C)[Si](C)(C)Cc1ccc(-c2ccccc2)cc1. The molecule has 0 saturated carbocycles. The summed E-state index contributed by atoms with van der Waals surface area (Å²) in [4.78, 5) is 0. The van der Waals surface area contributed by atoms with Crippen LogP contribution >= 0.6 is 0 Å². The van der Waals surface area contributed by atoms with E-state index in [-0.39, 0.29) is 0 Å². The predicted molar refractivity (Wildman–Crippen MR) is 96.4 cm³/mol. The van der Waals surface area contributed by atoms with Gasteiger partial charge in [0.1, 0.15) is 0 Å². The van der Waals surface area contributed by atoms with Gasteiger partial charge in [-0.1, -0.05) is 92.9 Å². The van der Waals surface area contributed by atoms with Crippen LogP contribution in [0.4, 0.5) is 0 Å². The molecule has 106 valence electrons. The first-order chi connectivity index (χ1) is 9.29. The molecule has 0 heterocycles. The van der Waals surface area contributed by atoms with E-state index in [9.17, 15) is 0 Å². The highest BCUT2D eigenvalue weighted by atomic mass is 29.3. The molecule has 0 spiro atoms. The summed E-state index contributed by atoms with van der Waals surface area (Å²) < 4.78 is 0. The van der Waals surface area contributed by atoms with Gasteiger partial charge in [-0.15, -0.1) is 0 Å². The topological polar surface area (TPSA) is 0 Å². The van der Waals surface area contributed by atoms with Crippen molar-refractivity contribution in [3.63, 3.8) is 0 Å². The van der Waals surface area contributed by atoms with Crippen LogP contribution in [0.2, 0.25) is 32.7 Å². The third-order valence-electron chi connectivity index (χ3n) is 4.74. The van der Waals surface area contributed by atoms with E-state index in [1.165, 1.54) is 22.7 Å². The molecule has 2 rings (SSSR count). The Kier molecular flexibility index (Phi) is 4.35. The number of hydrogen-bond acceptors (Lipinski definition) is 0. The minimum Gasteiger partial charge on any atom is -0.0715 e. The number of hydrogen-bond donors (Lipinski definition) is 0. The molecule has 0 aromatic heterocycles. The third-order valence-corrected chi connectivity index (χ3v) is 22.8. The van der Waals surface area contributed by atoms with Gasteiger partial charge < -0.3 is 0 Å². The van der Waals surface area contributed by atoms with Gasteiger partial charge in [0.25, 0.3) is 0 Å². The second kappa shape index (κ2) is 5.70. The fraction of sp³-hybridized carbons (Fsp3) is 0.333. The quantitative estimate of drug-likeness (QED) is 0.648. The van der Waals surface area contributed by atoms with E-state index in [2.05, 4.69) is 87.3 Å². The lowest BCUT2D eigenvalue weighted by Gasteiger charge is -2.35. The monoisotopic (exact) mass is 298 g/mol. The van der Waals surface area contributed by atoms with Gasteiger partial charge in [0.2, 0.25) is 0 Å². The highest BCUT2D eigenvalue weighted by Gasteiger charge is 2.36. The summed E-state index contributed by atoms with van der Waals surface area (Å²) in [5.41, 5.74) is 4.14. The van der Waals surface area contributed by atoms with E-state index >= 15 is 0 Å². The lowest BCUT2D eigenvalue weighted by molar-refractivity contribution is 1.33. The van der Waals surface area contributed by atoms with Crippen LogP contribution in [0.1, 0.15) is 5.56 Å². The molecule has 0 aliphatic rings. The van der Waals surface area contributed by atoms with Gasteiger partial charge in [-0.05, 0) is 17.2 Å². The minimum absolute atomic E-state index is 1.01. The van der Waals surface area contributed by atoms with Crippen LogP contribution in [0.15, 0.2) is 54.6 Å². The number of rotatable bonds is 4. The Hall–Kier alpha value is -1.13. The zero-order valence-corrected chi connectivity index (χ0v) is 15.4. The summed E-state index contributed by atoms with van der Waals surface area (Å²) in [5.74, 6) is 0. The largest absolute Gasteiger partial charge is 0.0715 e. The van der Waals surface area contributed by atoms with Crippen LogP contribution in [0.3, 0.4) is 0 Å². The van der Waals surface area contributed by atoms with Crippen LogP contribution in [-0.2, 0) is 6.04 Å². The normalized spacial score (nSPS) is 12.4. The molecule has 2 aromatic rings. The number of benzene rings is 2. The summed E-state index contributed by atoms with van der Waals surface area (Å²) in [6.07, 6.45) is 0. The molecule has 0 aliphatic carbocycles. The van der Waals surface area contributed by atoms with E-state index in [0.29, 0.717) is 0 Å². The summed E-state index contributed by atoms with van der Waals surface area (Å²) >= 11 is 0. The van der Waals surface area contributed by atoms with Gasteiger partial charge in [0.15, 0.2) is 0 Å². The van der Waals surface area contributed by atoms with E-state index in [1.54, 1.807) is 0 Å². The lowest BCUT2D eigenvalue weighted by Crippen LogP contribution is -2.54. The standard InChI is InChI=1S/C18H26Si2/c1-19(2,3)20(4,5)15-16-11-13-18(14-12-16)17-9-7-6-8-10-17/h6-14H,15H2,1-5H3. The first kappa shape index (κ1) is 15.3. The predicted octanol–water partition coefficient (Wildman–Crippen LogP) is 5.56. The Balaban J connectivity index is 2.18. The Bertz CT molecular complexity index is 548. The molecule has 0 unspecified atom stereocenters. The molecule has 0 fully saturated rings. The van der Waals surface area contributed by atoms with Crippen molar-refractivity contribution in [3.8, 4) is 11.1 Å². The summed E-state index contributed by atoms with van der Waals surface area (Å²) in [5, 5.41) is 0. The highest BCUT2D eigenvalue weighted by Crippen LogP contribution is 2.25. The van der Waals surface area contributed by atoms with Crippen molar-refractivity contribution in [2.24, 2.45) is 0 Å². The zero-order chi connectivity index (χ0) is 14.8. The van der Waals surface area contributed by atoms with E-state index < -0.39 is 15.2 Å². The maximum absolute atomic E-state index is 2.56. The molecule has 2 aromatic carbocycles. The van der Waals surface area contributed by atoms with Crippen molar-refractivity contribution >= 4 is 15.2 Å². The summed E-state index contributed by atoms with van der Waals surface area (Å²) in [7, 11) is -2.11. The summed E-state index contributed by atoms with van der Waals surface area (Å²) in [6, 6.07) is 21.2. The fourth-order valence-electron chi connectivity index (χ4n) is 2.22. The van der Waals surface area contributed by atoms with Crippen molar-refractivity contribution < 1.29 is 0 Å². The van der Waals surface area contributed by atoms with Crippen molar-refractivity contribution in [1.29, 1.82) is 0 Å². The molecule has 0 atom stereocenters. The highest BCUT2D eigenvalue weighted by molar-refractivity contribution is 7.40. The molecule has 0 nitrogen and oxygen atoms in total. The molecule has 0 N–H and O–H groups in total. The van der Waals surface area contributed by atoms with Crippen LogP contribution in [0, 0.1) is 0 Å². The second-order valence-corrected chi connectivity index (χ2v) is 24.6. The molecular weight excluding hydrogens is 272 g/mol. The molecule has 0 amide bonds. The van der Waals surface area contributed by atoms with Gasteiger partial charge >= 0.3 is 0 Å². The second-order valence-electron chi connectivity index (χ2n) is 7.37. The van der Waals surface area contributed by atoms with E-state index in [4.69, 9.17) is 0 Å². The van der Waals surface area contributed by atoms with Crippen LogP contribution in [0.25, 0.3) is 11.1 Å². The lowest BCUT2D eigenvalue weighted by atomic mass is 10.0. The molecule has 0 bridgehead atoms. The van der Waals surface area contributed by atoms with E-state index in [1.807, 2.05) is 0 Å². The Morgan fingerprint density at radius 2 is 1.15 bits per heavy atom. The molecule has 0 saturated heterocycles. The van der Waals surface area contributed by atoms with Gasteiger partial charge in [-0.2, -0.15) is 0 Å². The van der Waals surface area contributed by atoms with Crippen molar-refractivity contribution in [1.82, 2.24) is 0 Å². The smallest absolute Gasteiger partial charge is 0.0454 e. The van der Waals surface area contributed by atoms with Gasteiger partial charge in [0, 0.05) is 15.2 Å². The molecule has 0 aliphatic heterocycles. The minimum atomic E-state index is -1.10. The molecule has 2 heteroatoms. The van der Waals surface area contributed by atoms with Crippen LogP contribution in [-0.4, -0.2) is 15.2 Å². The van der Waals surface area contributed by atoms with Crippen LogP contribution < -0.4 is 0 Å². The summed E-state index contributed by atoms with van der Waals surface area (Å²) in [6.45, 7) is 12.7. The maximum atomic E-state index is 2.56. The first-order valence-electron chi connectivity index (χ1n) is 7.44. The van der Waals surface area contributed by atoms with Crippen molar-refractivity contribution in [2.75, 3.05) is 0 Å². The van der Waals surface area contributed by atoms with E-state index in [0.717, 1.165) is 0 Å². The van der Waals surface area contributed by atoms with Crippen molar-refractivity contribution in [2.45, 2.75) is 38.8 Å². The average Bonchev–Trinajstić information content (AvgIpc) is 2.39. The molecule has 0 radical (unpaired) electrons. The Labute approximate surface area is 125 Å². The first-order valence-corrected chi connectivity index (χ1v) is 15.1. The Morgan fingerprint density at radius 3 is 1.65 bits per heavy atom. The molecule has 20 heavy (non-hydrogen) atoms. The van der Waals surface area contributed by atoms with Crippen molar-refractivity contribution in [3.05, 3.63) is 60.2 Å². The third kappa shape index (κ3) is 3.50. The Morgan fingerprint density at radius 1 is 0.650 bits per heavy atom. The molecular formula is C18H26Si2. The van der Waals surface area contributed by atoms with Gasteiger partial charge in [-0.3, -0.25) is 0 Å². The maximum Gasteiger partial charge on any atom is 0.0454 e. The van der Waals surface area contributed by atoms with Gasteiger partial charge in [0.05, 0.1) is 0 Å². The zero-order valence-electron chi connectivity index (χ0n) is 13.4. The average molecular weight is 299 g/mol. The fourth-order valence-corrected chi connectivity index (χ4v) is 6.21. The van der Waals surface area contributed by atoms with Crippen LogP contribution in [0.5, 0.6) is 0 Å². The van der Waals surface area contributed by atoms with Gasteiger partial charge in [-0.25, -0.2) is 0 Å².